The fourth-order valence-corrected chi connectivity index (χ4v) is 3.79. The van der Waals surface area contributed by atoms with Crippen LogP contribution in [0.1, 0.15) is 17.9 Å². The summed E-state index contributed by atoms with van der Waals surface area (Å²) in [7, 11) is 0. The molecule has 2 atom stereocenters. The van der Waals surface area contributed by atoms with Gasteiger partial charge in [-0.15, -0.1) is 0 Å². The molecule has 4 rings (SSSR count). The first-order chi connectivity index (χ1) is 13.2. The van der Waals surface area contributed by atoms with Crippen LogP contribution in [0.5, 0.6) is 0 Å². The van der Waals surface area contributed by atoms with Crippen molar-refractivity contribution in [1.29, 1.82) is 0 Å². The summed E-state index contributed by atoms with van der Waals surface area (Å²) in [5, 5.41) is 0. The van der Waals surface area contributed by atoms with Crippen molar-refractivity contribution < 1.29 is 13.9 Å². The lowest BCUT2D eigenvalue weighted by atomic mass is 10.1. The highest BCUT2D eigenvalue weighted by Gasteiger charge is 2.46. The summed E-state index contributed by atoms with van der Waals surface area (Å²) in [6, 6.07) is 16.4. The van der Waals surface area contributed by atoms with Crippen LogP contribution in [-0.4, -0.2) is 50.2 Å². The number of benzene rings is 2. The van der Waals surface area contributed by atoms with Gasteiger partial charge in [0.25, 0.3) is 0 Å². The van der Waals surface area contributed by atoms with Gasteiger partial charge in [-0.05, 0) is 42.2 Å². The molecule has 2 aromatic carbocycles. The zero-order valence-electron chi connectivity index (χ0n) is 15.4. The fraction of sp³-hybridized carbons (Fsp3) is 0.409. The SMILES string of the molecule is O=C(C1CC1c1ccc(F)cc1)N(CCN1CCOCC1)c1ccccc1. The largest absolute Gasteiger partial charge is 0.379 e. The molecule has 0 bridgehead atoms. The van der Waals surface area contributed by atoms with E-state index < -0.39 is 0 Å². The Morgan fingerprint density at radius 1 is 1.07 bits per heavy atom. The van der Waals surface area contributed by atoms with Crippen LogP contribution in [0.2, 0.25) is 0 Å². The first-order valence-corrected chi connectivity index (χ1v) is 9.64. The minimum absolute atomic E-state index is 0.0136. The fourth-order valence-electron chi connectivity index (χ4n) is 3.79. The number of hydrogen-bond donors (Lipinski definition) is 0. The summed E-state index contributed by atoms with van der Waals surface area (Å²) in [5.74, 6) is 0.121. The number of hydrogen-bond acceptors (Lipinski definition) is 3. The van der Waals surface area contributed by atoms with E-state index in [1.165, 1.54) is 12.1 Å². The average Bonchev–Trinajstić information content (AvgIpc) is 3.51. The molecule has 1 aliphatic heterocycles. The number of carbonyl (C=O) groups is 1. The van der Waals surface area contributed by atoms with Crippen LogP contribution >= 0.6 is 0 Å². The predicted molar refractivity (Wildman–Crippen MR) is 103 cm³/mol. The maximum absolute atomic E-state index is 13.2. The van der Waals surface area contributed by atoms with Crippen LogP contribution in [0.25, 0.3) is 0 Å². The lowest BCUT2D eigenvalue weighted by molar-refractivity contribution is -0.120. The number of amides is 1. The minimum Gasteiger partial charge on any atom is -0.379 e. The van der Waals surface area contributed by atoms with Gasteiger partial charge >= 0.3 is 0 Å². The number of carbonyl (C=O) groups excluding carboxylic acids is 1. The first kappa shape index (κ1) is 18.1. The molecule has 2 aliphatic rings. The van der Waals surface area contributed by atoms with Crippen LogP contribution in [0, 0.1) is 11.7 Å². The Morgan fingerprint density at radius 3 is 2.48 bits per heavy atom. The average molecular weight is 368 g/mol. The molecule has 1 aliphatic carbocycles. The number of para-hydroxylation sites is 1. The zero-order valence-corrected chi connectivity index (χ0v) is 15.4. The monoisotopic (exact) mass is 368 g/mol. The third-order valence-corrected chi connectivity index (χ3v) is 5.48. The van der Waals surface area contributed by atoms with Crippen LogP contribution in [0.15, 0.2) is 54.6 Å². The predicted octanol–water partition coefficient (Wildman–Crippen LogP) is 3.29. The van der Waals surface area contributed by atoms with Crippen molar-refractivity contribution in [1.82, 2.24) is 4.90 Å². The normalized spacial score (nSPS) is 22.4. The summed E-state index contributed by atoms with van der Waals surface area (Å²) in [6.07, 6.45) is 0.839. The molecule has 1 amide bonds. The Labute approximate surface area is 159 Å². The minimum atomic E-state index is -0.237. The third kappa shape index (κ3) is 4.37. The van der Waals surface area contributed by atoms with Gasteiger partial charge in [0, 0.05) is 37.8 Å². The first-order valence-electron chi connectivity index (χ1n) is 9.64. The van der Waals surface area contributed by atoms with E-state index in [2.05, 4.69) is 4.90 Å². The molecule has 0 radical (unpaired) electrons. The molecule has 4 nitrogen and oxygen atoms in total. The summed E-state index contributed by atoms with van der Waals surface area (Å²) in [4.78, 5) is 17.5. The van der Waals surface area contributed by atoms with E-state index >= 15 is 0 Å². The molecule has 0 N–H and O–H groups in total. The molecule has 0 aromatic heterocycles. The van der Waals surface area contributed by atoms with Gasteiger partial charge in [-0.3, -0.25) is 9.69 Å². The van der Waals surface area contributed by atoms with Crippen molar-refractivity contribution >= 4 is 11.6 Å². The van der Waals surface area contributed by atoms with Crippen molar-refractivity contribution in [2.75, 3.05) is 44.3 Å². The zero-order chi connectivity index (χ0) is 18.6. The third-order valence-electron chi connectivity index (χ3n) is 5.48. The van der Waals surface area contributed by atoms with Crippen LogP contribution in [0.4, 0.5) is 10.1 Å². The molecule has 1 saturated carbocycles. The molecule has 27 heavy (non-hydrogen) atoms. The number of morpholine rings is 1. The smallest absolute Gasteiger partial charge is 0.230 e. The Bertz CT molecular complexity index is 760. The van der Waals surface area contributed by atoms with E-state index in [1.807, 2.05) is 35.2 Å². The summed E-state index contributed by atoms with van der Waals surface area (Å²) in [5.41, 5.74) is 2.00. The number of anilines is 1. The molecule has 2 fully saturated rings. The van der Waals surface area contributed by atoms with Gasteiger partial charge in [0.15, 0.2) is 0 Å². The van der Waals surface area contributed by atoms with E-state index in [-0.39, 0.29) is 23.6 Å². The number of ether oxygens (including phenoxy) is 1. The van der Waals surface area contributed by atoms with Gasteiger partial charge in [0.1, 0.15) is 5.82 Å². The van der Waals surface area contributed by atoms with Crippen LogP contribution < -0.4 is 4.90 Å². The van der Waals surface area contributed by atoms with Crippen molar-refractivity contribution in [3.8, 4) is 0 Å². The van der Waals surface area contributed by atoms with Gasteiger partial charge in [-0.25, -0.2) is 4.39 Å². The Kier molecular flexibility index (Phi) is 5.50. The van der Waals surface area contributed by atoms with Gasteiger partial charge < -0.3 is 9.64 Å². The van der Waals surface area contributed by atoms with Crippen LogP contribution in [0.3, 0.4) is 0 Å². The second-order valence-electron chi connectivity index (χ2n) is 7.28. The highest BCUT2D eigenvalue weighted by Crippen LogP contribution is 2.48. The standard InChI is InChI=1S/C22H25FN2O2/c23-18-8-6-17(7-9-18)20-16-21(20)22(26)25(19-4-2-1-3-5-19)11-10-24-12-14-27-15-13-24/h1-9,20-21H,10-16H2. The highest BCUT2D eigenvalue weighted by atomic mass is 19.1. The number of halogens is 1. The molecular weight excluding hydrogens is 343 g/mol. The van der Waals surface area contributed by atoms with Gasteiger partial charge in [0.2, 0.25) is 5.91 Å². The van der Waals surface area contributed by atoms with Gasteiger partial charge in [-0.2, -0.15) is 0 Å². The molecule has 5 heteroatoms. The van der Waals surface area contributed by atoms with Crippen molar-refractivity contribution in [3.63, 3.8) is 0 Å². The van der Waals surface area contributed by atoms with Crippen molar-refractivity contribution in [2.24, 2.45) is 5.92 Å². The molecule has 1 saturated heterocycles. The molecule has 2 aromatic rings. The summed E-state index contributed by atoms with van der Waals surface area (Å²) < 4.78 is 18.6. The molecular formula is C22H25FN2O2. The Hall–Kier alpha value is -2.24. The molecule has 2 unspecified atom stereocenters. The maximum atomic E-state index is 13.2. The second kappa shape index (κ2) is 8.19. The Morgan fingerprint density at radius 2 is 1.78 bits per heavy atom. The van der Waals surface area contributed by atoms with E-state index in [4.69, 9.17) is 4.74 Å². The number of rotatable bonds is 6. The molecule has 0 spiro atoms. The van der Waals surface area contributed by atoms with Crippen LogP contribution in [-0.2, 0) is 9.53 Å². The van der Waals surface area contributed by atoms with E-state index in [0.29, 0.717) is 6.54 Å². The number of nitrogens with zero attached hydrogens (tertiary/aromatic N) is 2. The quantitative estimate of drug-likeness (QED) is 0.784. The van der Waals surface area contributed by atoms with E-state index in [1.54, 1.807) is 12.1 Å². The van der Waals surface area contributed by atoms with E-state index in [9.17, 15) is 9.18 Å². The van der Waals surface area contributed by atoms with E-state index in [0.717, 1.165) is 50.5 Å². The topological polar surface area (TPSA) is 32.8 Å². The summed E-state index contributed by atoms with van der Waals surface area (Å²) in [6.45, 7) is 4.87. The highest BCUT2D eigenvalue weighted by molar-refractivity contribution is 5.97. The lowest BCUT2D eigenvalue weighted by Crippen LogP contribution is -2.43. The lowest BCUT2D eigenvalue weighted by Gasteiger charge is -2.30. The van der Waals surface area contributed by atoms with Gasteiger partial charge in [-0.1, -0.05) is 30.3 Å². The molecule has 1 heterocycles. The summed E-state index contributed by atoms with van der Waals surface area (Å²) >= 11 is 0. The van der Waals surface area contributed by atoms with Gasteiger partial charge in [0.05, 0.1) is 13.2 Å². The van der Waals surface area contributed by atoms with Crippen molar-refractivity contribution in [2.45, 2.75) is 12.3 Å². The molecule has 142 valence electrons. The Balaban J connectivity index is 1.45. The second-order valence-corrected chi connectivity index (χ2v) is 7.28. The van der Waals surface area contributed by atoms with Crippen molar-refractivity contribution in [3.05, 3.63) is 66.0 Å². The maximum Gasteiger partial charge on any atom is 0.230 e.